The van der Waals surface area contributed by atoms with Crippen molar-refractivity contribution in [3.8, 4) is 0 Å². The minimum Gasteiger partial charge on any atom is -0.478 e. The number of aromatic amines is 1. The highest BCUT2D eigenvalue weighted by Crippen LogP contribution is 2.39. The summed E-state index contributed by atoms with van der Waals surface area (Å²) in [6.07, 6.45) is -1.14. The normalized spacial score (nSPS) is 14.3. The monoisotopic (exact) mass is 477 g/mol. The van der Waals surface area contributed by atoms with E-state index < -0.39 is 23.7 Å². The Bertz CT molecular complexity index is 1580. The highest BCUT2D eigenvalue weighted by molar-refractivity contribution is 6.25. The maximum Gasteiger partial charge on any atom is 0.416 e. The number of hydrogen-bond donors (Lipinski definition) is 4. The van der Waals surface area contributed by atoms with Gasteiger partial charge in [-0.1, -0.05) is 18.2 Å². The molecule has 0 unspecified atom stereocenters. The number of aromatic carboxylic acids is 2. The zero-order valence-electron chi connectivity index (χ0n) is 17.8. The summed E-state index contributed by atoms with van der Waals surface area (Å²) in [5.41, 5.74) is 3.60. The molecule has 35 heavy (non-hydrogen) atoms. The molecule has 1 aliphatic rings. The van der Waals surface area contributed by atoms with E-state index >= 15 is 0 Å². The second-order valence-electron chi connectivity index (χ2n) is 7.99. The SMILES string of the molecule is O=C(O)c1ccc2c(c1)[NH+]=C/C2=C(/c1ccc(C(F)(F)F)cc1)c1c[nH]c2cc(C(=O)O)ccc12. The fraction of sp³-hybridized carbons (Fsp3) is 0.0385. The van der Waals surface area contributed by atoms with Gasteiger partial charge in [0.1, 0.15) is 0 Å². The van der Waals surface area contributed by atoms with Crippen LogP contribution in [0, 0.1) is 0 Å². The van der Waals surface area contributed by atoms with E-state index in [1.165, 1.54) is 36.4 Å². The lowest BCUT2D eigenvalue weighted by Crippen LogP contribution is -2.59. The number of hydrogen-bond acceptors (Lipinski definition) is 2. The first-order valence-electron chi connectivity index (χ1n) is 10.4. The molecule has 0 aliphatic carbocycles. The van der Waals surface area contributed by atoms with Gasteiger partial charge in [-0.15, -0.1) is 0 Å². The van der Waals surface area contributed by atoms with Crippen LogP contribution in [0.15, 0.2) is 66.9 Å². The van der Waals surface area contributed by atoms with Crippen LogP contribution in [0.2, 0.25) is 0 Å². The summed E-state index contributed by atoms with van der Waals surface area (Å²) < 4.78 is 39.5. The number of aromatic nitrogens is 1. The van der Waals surface area contributed by atoms with Crippen LogP contribution in [-0.4, -0.2) is 33.4 Å². The van der Waals surface area contributed by atoms with Crippen molar-refractivity contribution in [3.63, 3.8) is 0 Å². The van der Waals surface area contributed by atoms with E-state index in [1.807, 2.05) is 0 Å². The van der Waals surface area contributed by atoms with Crippen LogP contribution in [0.5, 0.6) is 0 Å². The van der Waals surface area contributed by atoms with Crippen molar-refractivity contribution in [2.75, 3.05) is 0 Å². The van der Waals surface area contributed by atoms with E-state index in [1.54, 1.807) is 24.5 Å². The van der Waals surface area contributed by atoms with E-state index in [-0.39, 0.29) is 11.1 Å². The average molecular weight is 477 g/mol. The summed E-state index contributed by atoms with van der Waals surface area (Å²) in [6.45, 7) is 0. The highest BCUT2D eigenvalue weighted by atomic mass is 19.4. The van der Waals surface area contributed by atoms with E-state index in [0.29, 0.717) is 44.4 Å². The molecule has 1 aliphatic heterocycles. The molecule has 0 saturated carbocycles. The molecule has 0 saturated heterocycles. The highest BCUT2D eigenvalue weighted by Gasteiger charge is 2.31. The Morgan fingerprint density at radius 1 is 0.829 bits per heavy atom. The Morgan fingerprint density at radius 2 is 1.46 bits per heavy atom. The van der Waals surface area contributed by atoms with Crippen LogP contribution in [-0.2, 0) is 6.18 Å². The fourth-order valence-corrected chi connectivity index (χ4v) is 4.21. The van der Waals surface area contributed by atoms with E-state index in [0.717, 1.165) is 12.1 Å². The van der Waals surface area contributed by atoms with Crippen molar-refractivity contribution < 1.29 is 38.0 Å². The summed E-state index contributed by atoms with van der Waals surface area (Å²) in [5, 5.41) is 19.3. The molecule has 0 bridgehead atoms. The van der Waals surface area contributed by atoms with E-state index in [2.05, 4.69) is 9.98 Å². The van der Waals surface area contributed by atoms with Gasteiger partial charge in [0, 0.05) is 34.3 Å². The molecule has 0 radical (unpaired) electrons. The van der Waals surface area contributed by atoms with Crippen molar-refractivity contribution in [3.05, 3.63) is 100 Å². The van der Waals surface area contributed by atoms with Gasteiger partial charge in [0.15, 0.2) is 6.21 Å². The molecule has 4 aromatic rings. The van der Waals surface area contributed by atoms with E-state index in [9.17, 15) is 33.0 Å². The third kappa shape index (κ3) is 3.86. The van der Waals surface area contributed by atoms with Gasteiger partial charge >= 0.3 is 18.1 Å². The van der Waals surface area contributed by atoms with Crippen LogP contribution in [0.25, 0.3) is 22.0 Å². The number of alkyl halides is 3. The molecule has 174 valence electrons. The largest absolute Gasteiger partial charge is 0.478 e. The molecule has 3 aromatic carbocycles. The van der Waals surface area contributed by atoms with Crippen LogP contribution < -0.4 is 4.99 Å². The molecule has 1 aromatic heterocycles. The standard InChI is InChI=1S/C26H15F3N2O4/c27-26(28,29)16-5-1-13(2-6-16)23(19-11-30-21-9-14(24(32)33)3-7-17(19)21)20-12-31-22-10-15(25(34)35)4-8-18(20)22/h1-12,30H,(H,32,33)(H,34,35)/p+1/b23-20+. The second kappa shape index (κ2) is 7.98. The molecule has 5 rings (SSSR count). The lowest BCUT2D eigenvalue weighted by molar-refractivity contribution is -0.342. The number of halogens is 3. The van der Waals surface area contributed by atoms with Gasteiger partial charge < -0.3 is 15.2 Å². The van der Waals surface area contributed by atoms with Gasteiger partial charge in [-0.2, -0.15) is 13.2 Å². The van der Waals surface area contributed by atoms with Gasteiger partial charge in [0.2, 0.25) is 5.69 Å². The zero-order chi connectivity index (χ0) is 24.9. The molecule has 0 spiro atoms. The van der Waals surface area contributed by atoms with Gasteiger partial charge in [-0.3, -0.25) is 0 Å². The minimum absolute atomic E-state index is 0.0928. The van der Waals surface area contributed by atoms with Crippen LogP contribution >= 0.6 is 0 Å². The van der Waals surface area contributed by atoms with Crippen LogP contribution in [0.4, 0.5) is 18.9 Å². The Morgan fingerprint density at radius 3 is 2.11 bits per heavy atom. The quantitative estimate of drug-likeness (QED) is 0.351. The smallest absolute Gasteiger partial charge is 0.416 e. The Hall–Kier alpha value is -4.66. The first kappa shape index (κ1) is 22.1. The summed E-state index contributed by atoms with van der Waals surface area (Å²) in [4.78, 5) is 28.8. The van der Waals surface area contributed by atoms with Gasteiger partial charge in [-0.05, 0) is 42.0 Å². The van der Waals surface area contributed by atoms with Gasteiger partial charge in [0.05, 0.1) is 27.8 Å². The first-order valence-corrected chi connectivity index (χ1v) is 10.4. The minimum atomic E-state index is -4.49. The van der Waals surface area contributed by atoms with Gasteiger partial charge in [0.25, 0.3) is 0 Å². The molecular weight excluding hydrogens is 461 g/mol. The van der Waals surface area contributed by atoms with Crippen LogP contribution in [0.1, 0.15) is 43.0 Å². The Labute approximate surface area is 195 Å². The molecule has 0 amide bonds. The summed E-state index contributed by atoms with van der Waals surface area (Å²) >= 11 is 0. The number of fused-ring (bicyclic) bond motifs is 2. The number of carbonyl (C=O) groups is 2. The van der Waals surface area contributed by atoms with Gasteiger partial charge in [-0.25, -0.2) is 14.6 Å². The predicted octanol–water partition coefficient (Wildman–Crippen LogP) is 4.34. The molecule has 2 heterocycles. The van der Waals surface area contributed by atoms with Crippen molar-refractivity contribution >= 4 is 45.9 Å². The third-order valence-corrected chi connectivity index (χ3v) is 5.90. The van der Waals surface area contributed by atoms with Crippen molar-refractivity contribution in [2.24, 2.45) is 0 Å². The number of benzene rings is 3. The van der Waals surface area contributed by atoms with E-state index in [4.69, 9.17) is 0 Å². The molecule has 0 fully saturated rings. The summed E-state index contributed by atoms with van der Waals surface area (Å²) in [5.74, 6) is -2.17. The summed E-state index contributed by atoms with van der Waals surface area (Å²) in [6, 6.07) is 14.0. The summed E-state index contributed by atoms with van der Waals surface area (Å²) in [7, 11) is 0. The van der Waals surface area contributed by atoms with Crippen molar-refractivity contribution in [2.45, 2.75) is 6.18 Å². The number of allylic oxidation sites excluding steroid dienone is 1. The van der Waals surface area contributed by atoms with Crippen molar-refractivity contribution in [1.82, 2.24) is 4.98 Å². The second-order valence-corrected chi connectivity index (χ2v) is 7.99. The van der Waals surface area contributed by atoms with Crippen molar-refractivity contribution in [1.29, 1.82) is 0 Å². The number of carboxylic acid groups (broad SMARTS) is 2. The molecule has 4 N–H and O–H groups in total. The first-order chi connectivity index (χ1) is 16.6. The number of H-pyrrole nitrogens is 1. The molecule has 6 nitrogen and oxygen atoms in total. The maximum absolute atomic E-state index is 13.2. The lowest BCUT2D eigenvalue weighted by Gasteiger charge is -2.12. The maximum atomic E-state index is 13.2. The fourth-order valence-electron chi connectivity index (χ4n) is 4.21. The predicted molar refractivity (Wildman–Crippen MR) is 123 cm³/mol. The number of carboxylic acids is 2. The molecule has 0 atom stereocenters. The molecule has 9 heteroatoms. The third-order valence-electron chi connectivity index (χ3n) is 5.90. The topological polar surface area (TPSA) is 104 Å². The number of nitrogens with one attached hydrogen (secondary N) is 2. The number of rotatable bonds is 4. The van der Waals surface area contributed by atoms with Crippen LogP contribution in [0.3, 0.4) is 0 Å². The zero-order valence-corrected chi connectivity index (χ0v) is 17.8. The molecular formula is C26H16F3N2O4+. The Kier molecular flexibility index (Phi) is 5.05. The lowest BCUT2D eigenvalue weighted by atomic mass is 9.89. The average Bonchev–Trinajstić information content (AvgIpc) is 3.43. The Balaban J connectivity index is 1.75.